The highest BCUT2D eigenvalue weighted by Crippen LogP contribution is 2.24. The van der Waals surface area contributed by atoms with E-state index in [1.54, 1.807) is 35.7 Å². The average molecular weight is 468 g/mol. The lowest BCUT2D eigenvalue weighted by molar-refractivity contribution is -0.385. The summed E-state index contributed by atoms with van der Waals surface area (Å²) in [6.45, 7) is 1.55. The number of aryl methyl sites for hydroxylation is 1. The zero-order valence-electron chi connectivity index (χ0n) is 17.5. The molecule has 4 aromatic rings. The summed E-state index contributed by atoms with van der Waals surface area (Å²) in [5.74, 6) is -0.585. The first-order valence-corrected chi connectivity index (χ1v) is 11.0. The third-order valence-electron chi connectivity index (χ3n) is 4.96. The second kappa shape index (κ2) is 8.39. The maximum absolute atomic E-state index is 13.1. The molecule has 10 nitrogen and oxygen atoms in total. The van der Waals surface area contributed by atoms with Gasteiger partial charge in [0, 0.05) is 42.7 Å². The molecule has 168 valence electrons. The normalized spacial score (nSPS) is 11.8. The molecule has 0 aliphatic carbocycles. The van der Waals surface area contributed by atoms with Crippen molar-refractivity contribution in [2.45, 2.75) is 11.8 Å². The Morgan fingerprint density at radius 3 is 2.58 bits per heavy atom. The smallest absolute Gasteiger partial charge is 0.279 e. The third kappa shape index (κ3) is 4.28. The third-order valence-corrected chi connectivity index (χ3v) is 6.74. The SMILES string of the molecule is Cc1ccc([N+](=O)[O-])cc1S(=O)(=O)N(C)/N=C/c1cnc2ccc(-c3ccc(F)nc3)cn12. The summed E-state index contributed by atoms with van der Waals surface area (Å²) in [6, 6.07) is 10.0. The molecular weight excluding hydrogens is 451 g/mol. The number of pyridine rings is 2. The van der Waals surface area contributed by atoms with Crippen LogP contribution in [0.4, 0.5) is 10.1 Å². The fourth-order valence-electron chi connectivity index (χ4n) is 3.14. The number of hydrazone groups is 1. The first-order chi connectivity index (χ1) is 15.7. The van der Waals surface area contributed by atoms with Crippen LogP contribution in [-0.2, 0) is 10.0 Å². The van der Waals surface area contributed by atoms with Crippen LogP contribution in [-0.4, -0.2) is 45.4 Å². The lowest BCUT2D eigenvalue weighted by Crippen LogP contribution is -2.23. The molecule has 0 spiro atoms. The monoisotopic (exact) mass is 468 g/mol. The van der Waals surface area contributed by atoms with Crippen LogP contribution in [0.3, 0.4) is 0 Å². The van der Waals surface area contributed by atoms with E-state index < -0.39 is 20.9 Å². The summed E-state index contributed by atoms with van der Waals surface area (Å²) in [6.07, 6.45) is 5.99. The van der Waals surface area contributed by atoms with Crippen molar-refractivity contribution < 1.29 is 17.7 Å². The molecule has 0 amide bonds. The molecule has 0 radical (unpaired) electrons. The van der Waals surface area contributed by atoms with Crippen molar-refractivity contribution in [1.29, 1.82) is 0 Å². The molecule has 0 bridgehead atoms. The number of rotatable bonds is 6. The van der Waals surface area contributed by atoms with Crippen LogP contribution in [0, 0.1) is 23.0 Å². The highest BCUT2D eigenvalue weighted by atomic mass is 32.2. The zero-order chi connectivity index (χ0) is 23.8. The van der Waals surface area contributed by atoms with Gasteiger partial charge in [-0.25, -0.2) is 9.97 Å². The van der Waals surface area contributed by atoms with Crippen molar-refractivity contribution in [3.63, 3.8) is 0 Å². The largest absolute Gasteiger partial charge is 0.298 e. The van der Waals surface area contributed by atoms with Gasteiger partial charge in [0.05, 0.1) is 27.9 Å². The van der Waals surface area contributed by atoms with Crippen molar-refractivity contribution in [2.75, 3.05) is 7.05 Å². The minimum absolute atomic E-state index is 0.208. The predicted molar refractivity (Wildman–Crippen MR) is 119 cm³/mol. The molecule has 0 fully saturated rings. The van der Waals surface area contributed by atoms with Gasteiger partial charge in [0.1, 0.15) is 5.65 Å². The topological polar surface area (TPSA) is 123 Å². The fourth-order valence-corrected chi connectivity index (χ4v) is 4.34. The summed E-state index contributed by atoms with van der Waals surface area (Å²) < 4.78 is 41.5. The van der Waals surface area contributed by atoms with Gasteiger partial charge < -0.3 is 0 Å². The van der Waals surface area contributed by atoms with E-state index in [1.165, 1.54) is 43.9 Å². The molecule has 0 aliphatic heterocycles. The minimum Gasteiger partial charge on any atom is -0.298 e. The molecule has 33 heavy (non-hydrogen) atoms. The number of hydrogen-bond acceptors (Lipinski definition) is 7. The highest BCUT2D eigenvalue weighted by molar-refractivity contribution is 7.89. The Balaban J connectivity index is 1.66. The number of benzene rings is 1. The van der Waals surface area contributed by atoms with Crippen LogP contribution < -0.4 is 0 Å². The van der Waals surface area contributed by atoms with Crippen LogP contribution in [0.2, 0.25) is 0 Å². The standard InChI is InChI=1S/C21H17FN6O4S/c1-14-3-6-17(28(29)30)9-19(14)33(31,32)26(2)25-12-18-11-24-21-8-5-16(13-27(18)21)15-4-7-20(22)23-10-15/h3-13H,1-2H3/b25-12+. The van der Waals surface area contributed by atoms with Gasteiger partial charge in [-0.15, -0.1) is 0 Å². The van der Waals surface area contributed by atoms with Gasteiger partial charge in [-0.3, -0.25) is 14.5 Å². The number of nitro benzene ring substituents is 1. The molecule has 0 saturated heterocycles. The van der Waals surface area contributed by atoms with Gasteiger partial charge in [-0.1, -0.05) is 6.07 Å². The van der Waals surface area contributed by atoms with Gasteiger partial charge in [-0.2, -0.15) is 22.3 Å². The van der Waals surface area contributed by atoms with Crippen molar-refractivity contribution in [3.05, 3.63) is 88.4 Å². The fraction of sp³-hybridized carbons (Fsp3) is 0.0952. The molecule has 1 aromatic carbocycles. The van der Waals surface area contributed by atoms with E-state index in [2.05, 4.69) is 15.1 Å². The lowest BCUT2D eigenvalue weighted by Gasteiger charge is -2.15. The summed E-state index contributed by atoms with van der Waals surface area (Å²) in [7, 11) is -2.89. The highest BCUT2D eigenvalue weighted by Gasteiger charge is 2.24. The number of nitrogens with zero attached hydrogens (tertiary/aromatic N) is 6. The number of fused-ring (bicyclic) bond motifs is 1. The summed E-state index contributed by atoms with van der Waals surface area (Å²) >= 11 is 0. The lowest BCUT2D eigenvalue weighted by atomic mass is 10.1. The van der Waals surface area contributed by atoms with Gasteiger partial charge in [0.15, 0.2) is 0 Å². The van der Waals surface area contributed by atoms with Gasteiger partial charge in [0.2, 0.25) is 5.95 Å². The predicted octanol–water partition coefficient (Wildman–Crippen LogP) is 3.41. The first-order valence-electron chi connectivity index (χ1n) is 9.54. The van der Waals surface area contributed by atoms with Gasteiger partial charge in [-0.05, 0) is 36.8 Å². The Hall–Kier alpha value is -4.19. The van der Waals surface area contributed by atoms with Crippen LogP contribution in [0.25, 0.3) is 16.8 Å². The van der Waals surface area contributed by atoms with Gasteiger partial charge in [0.25, 0.3) is 15.7 Å². The molecular formula is C21H17FN6O4S. The Bertz CT molecular complexity index is 1500. The second-order valence-corrected chi connectivity index (χ2v) is 9.01. The molecule has 0 saturated carbocycles. The molecule has 0 N–H and O–H groups in total. The average Bonchev–Trinajstić information content (AvgIpc) is 3.20. The maximum atomic E-state index is 13.1. The number of non-ortho nitro benzene ring substituents is 1. The number of halogens is 1. The van der Waals surface area contributed by atoms with Crippen molar-refractivity contribution in [2.24, 2.45) is 5.10 Å². The molecule has 3 heterocycles. The van der Waals surface area contributed by atoms with Crippen molar-refractivity contribution in [1.82, 2.24) is 18.8 Å². The quantitative estimate of drug-likeness (QED) is 0.185. The van der Waals surface area contributed by atoms with Crippen molar-refractivity contribution in [3.8, 4) is 11.1 Å². The van der Waals surface area contributed by atoms with Crippen LogP contribution in [0.1, 0.15) is 11.3 Å². The van der Waals surface area contributed by atoms with Gasteiger partial charge >= 0.3 is 0 Å². The number of aromatic nitrogens is 3. The molecule has 4 rings (SSSR count). The van der Waals surface area contributed by atoms with Crippen molar-refractivity contribution >= 4 is 27.6 Å². The molecule has 3 aromatic heterocycles. The van der Waals surface area contributed by atoms with Crippen LogP contribution >= 0.6 is 0 Å². The van der Waals surface area contributed by atoms with E-state index in [0.717, 1.165) is 16.0 Å². The van der Waals surface area contributed by atoms with E-state index in [9.17, 15) is 22.9 Å². The number of nitro groups is 1. The summed E-state index contributed by atoms with van der Waals surface area (Å²) in [5.41, 5.74) is 2.54. The van der Waals surface area contributed by atoms with E-state index in [-0.39, 0.29) is 10.6 Å². The van der Waals surface area contributed by atoms with E-state index in [0.29, 0.717) is 22.5 Å². The van der Waals surface area contributed by atoms with Crippen LogP contribution in [0.15, 0.2) is 71.1 Å². The Labute approximate surface area is 187 Å². The zero-order valence-corrected chi connectivity index (χ0v) is 18.3. The second-order valence-electron chi connectivity index (χ2n) is 7.09. The van der Waals surface area contributed by atoms with Crippen LogP contribution in [0.5, 0.6) is 0 Å². The number of hydrogen-bond donors (Lipinski definition) is 0. The summed E-state index contributed by atoms with van der Waals surface area (Å²) in [5, 5.41) is 15.1. The Morgan fingerprint density at radius 1 is 1.12 bits per heavy atom. The molecule has 0 atom stereocenters. The Morgan fingerprint density at radius 2 is 1.88 bits per heavy atom. The summed E-state index contributed by atoms with van der Waals surface area (Å²) in [4.78, 5) is 18.1. The molecule has 0 aliphatic rings. The van der Waals surface area contributed by atoms with E-state index in [4.69, 9.17) is 0 Å². The number of sulfonamides is 1. The Kier molecular flexibility index (Phi) is 5.60. The number of imidazole rings is 1. The minimum atomic E-state index is -4.13. The first kappa shape index (κ1) is 22.0. The van der Waals surface area contributed by atoms with E-state index >= 15 is 0 Å². The van der Waals surface area contributed by atoms with E-state index in [1.807, 2.05) is 0 Å². The molecule has 0 unspecified atom stereocenters. The molecule has 12 heteroatoms. The maximum Gasteiger partial charge on any atom is 0.279 e.